The van der Waals surface area contributed by atoms with Crippen LogP contribution in [0.3, 0.4) is 0 Å². The number of carbonyl (C=O) groups is 4. The van der Waals surface area contributed by atoms with Crippen molar-refractivity contribution in [3.05, 3.63) is 59.2 Å². The number of hydrogen-bond donors (Lipinski definition) is 0. The molecule has 1 aliphatic heterocycles. The summed E-state index contributed by atoms with van der Waals surface area (Å²) in [5, 5.41) is 0. The Morgan fingerprint density at radius 3 is 2.46 bits per heavy atom. The predicted molar refractivity (Wildman–Crippen MR) is 85.1 cm³/mol. The third kappa shape index (κ3) is 2.48. The number of imide groups is 1. The van der Waals surface area contributed by atoms with Crippen LogP contribution in [-0.4, -0.2) is 23.6 Å². The molecule has 0 unspecified atom stereocenters. The van der Waals surface area contributed by atoms with Crippen LogP contribution >= 0.6 is 0 Å². The third-order valence-electron chi connectivity index (χ3n) is 3.61. The van der Waals surface area contributed by atoms with Crippen molar-refractivity contribution < 1.29 is 23.9 Å². The average molecular weight is 323 g/mol. The standard InChI is InChI=1S/C18H13NO5/c1-10-7-8-14-13(9-10)16(21)18(23)19(14)17(22)12-5-3-4-6-15(12)24-11(2)20/h3-9H,1-2H3. The minimum absolute atomic E-state index is 0.0299. The van der Waals surface area contributed by atoms with E-state index >= 15 is 0 Å². The number of benzene rings is 2. The second-order valence-electron chi connectivity index (χ2n) is 5.39. The number of rotatable bonds is 2. The first kappa shape index (κ1) is 15.6. The van der Waals surface area contributed by atoms with Crippen molar-refractivity contribution in [1.82, 2.24) is 0 Å². The Bertz CT molecular complexity index is 900. The number of Topliss-reactive ketones (excluding diaryl/α,β-unsaturated/α-hetero) is 1. The molecule has 0 N–H and O–H groups in total. The lowest BCUT2D eigenvalue weighted by molar-refractivity contribution is -0.131. The number of ketones is 1. The molecule has 0 aliphatic carbocycles. The van der Waals surface area contributed by atoms with Gasteiger partial charge in [-0.2, -0.15) is 0 Å². The van der Waals surface area contributed by atoms with Crippen molar-refractivity contribution in [1.29, 1.82) is 0 Å². The normalized spacial score (nSPS) is 13.0. The van der Waals surface area contributed by atoms with Gasteiger partial charge < -0.3 is 4.74 Å². The van der Waals surface area contributed by atoms with Gasteiger partial charge in [-0.15, -0.1) is 0 Å². The van der Waals surface area contributed by atoms with E-state index < -0.39 is 23.6 Å². The molecule has 3 rings (SSSR count). The van der Waals surface area contributed by atoms with Crippen molar-refractivity contribution in [3.8, 4) is 5.75 Å². The Labute approximate surface area is 137 Å². The Morgan fingerprint density at radius 2 is 1.75 bits per heavy atom. The molecule has 0 saturated heterocycles. The van der Waals surface area contributed by atoms with Crippen molar-refractivity contribution >= 4 is 29.3 Å². The van der Waals surface area contributed by atoms with Crippen molar-refractivity contribution in [3.63, 3.8) is 0 Å². The molecule has 2 amide bonds. The fraction of sp³-hybridized carbons (Fsp3) is 0.111. The molecule has 2 aromatic carbocycles. The summed E-state index contributed by atoms with van der Waals surface area (Å²) in [7, 11) is 0. The Balaban J connectivity index is 2.08. The molecule has 0 spiro atoms. The molecule has 120 valence electrons. The van der Waals surface area contributed by atoms with Crippen LogP contribution in [0.1, 0.15) is 33.2 Å². The average Bonchev–Trinajstić information content (AvgIpc) is 2.78. The van der Waals surface area contributed by atoms with Gasteiger partial charge in [0.1, 0.15) is 5.75 Å². The molecule has 1 aliphatic rings. The first-order valence-electron chi connectivity index (χ1n) is 7.21. The van der Waals surface area contributed by atoms with Crippen molar-refractivity contribution in [2.45, 2.75) is 13.8 Å². The van der Waals surface area contributed by atoms with Gasteiger partial charge in [-0.1, -0.05) is 23.8 Å². The fourth-order valence-electron chi connectivity index (χ4n) is 2.56. The van der Waals surface area contributed by atoms with Gasteiger partial charge in [0.2, 0.25) is 0 Å². The van der Waals surface area contributed by atoms with Crippen LogP contribution in [-0.2, 0) is 9.59 Å². The number of aryl methyl sites for hydroxylation is 1. The first-order chi connectivity index (χ1) is 11.4. The van der Waals surface area contributed by atoms with E-state index in [4.69, 9.17) is 4.74 Å². The predicted octanol–water partition coefficient (Wildman–Crippen LogP) is 2.29. The maximum atomic E-state index is 12.8. The molecule has 0 fully saturated rings. The summed E-state index contributed by atoms with van der Waals surface area (Å²) in [5.41, 5.74) is 1.27. The maximum absolute atomic E-state index is 12.8. The largest absolute Gasteiger partial charge is 0.426 e. The molecule has 0 atom stereocenters. The van der Waals surface area contributed by atoms with Gasteiger partial charge >= 0.3 is 11.9 Å². The van der Waals surface area contributed by atoms with Crippen LogP contribution in [0.25, 0.3) is 0 Å². The quantitative estimate of drug-likeness (QED) is 0.366. The van der Waals surface area contributed by atoms with Gasteiger partial charge in [0.05, 0.1) is 16.8 Å². The molecule has 6 heteroatoms. The number of para-hydroxylation sites is 1. The number of anilines is 1. The topological polar surface area (TPSA) is 80.8 Å². The number of esters is 1. The number of hydrogen-bond acceptors (Lipinski definition) is 5. The van der Waals surface area contributed by atoms with Gasteiger partial charge in [0.25, 0.3) is 11.7 Å². The zero-order valence-corrected chi connectivity index (χ0v) is 13.0. The van der Waals surface area contributed by atoms with E-state index in [1.165, 1.54) is 19.1 Å². The number of fused-ring (bicyclic) bond motifs is 1. The highest BCUT2D eigenvalue weighted by Gasteiger charge is 2.40. The number of carbonyl (C=O) groups excluding carboxylic acids is 4. The van der Waals surface area contributed by atoms with Gasteiger partial charge in [0.15, 0.2) is 0 Å². The Kier molecular flexibility index (Phi) is 3.73. The first-order valence-corrected chi connectivity index (χ1v) is 7.21. The molecule has 0 bridgehead atoms. The monoisotopic (exact) mass is 323 g/mol. The van der Waals surface area contributed by atoms with E-state index in [1.54, 1.807) is 37.3 Å². The summed E-state index contributed by atoms with van der Waals surface area (Å²) in [6.07, 6.45) is 0. The lowest BCUT2D eigenvalue weighted by atomic mass is 10.1. The maximum Gasteiger partial charge on any atom is 0.308 e. The minimum Gasteiger partial charge on any atom is -0.426 e. The minimum atomic E-state index is -0.918. The van der Waals surface area contributed by atoms with Gasteiger partial charge in [-0.05, 0) is 31.2 Å². The van der Waals surface area contributed by atoms with E-state index in [2.05, 4.69) is 0 Å². The summed E-state index contributed by atoms with van der Waals surface area (Å²) in [6, 6.07) is 10.9. The molecule has 24 heavy (non-hydrogen) atoms. The number of ether oxygens (including phenoxy) is 1. The molecular formula is C18H13NO5. The Hall–Kier alpha value is -3.28. The molecule has 0 saturated carbocycles. The van der Waals surface area contributed by atoms with Crippen LogP contribution < -0.4 is 9.64 Å². The van der Waals surface area contributed by atoms with Crippen LogP contribution in [0, 0.1) is 6.92 Å². The summed E-state index contributed by atoms with van der Waals surface area (Å²) in [5.74, 6) is -2.91. The molecule has 2 aromatic rings. The van der Waals surface area contributed by atoms with Gasteiger partial charge in [-0.3, -0.25) is 19.2 Å². The third-order valence-corrected chi connectivity index (χ3v) is 3.61. The second kappa shape index (κ2) is 5.73. The van der Waals surface area contributed by atoms with Crippen molar-refractivity contribution in [2.24, 2.45) is 0 Å². The second-order valence-corrected chi connectivity index (χ2v) is 5.39. The van der Waals surface area contributed by atoms with Gasteiger partial charge in [0, 0.05) is 6.92 Å². The van der Waals surface area contributed by atoms with Crippen LogP contribution in [0.5, 0.6) is 5.75 Å². The summed E-state index contributed by atoms with van der Waals surface area (Å²) in [6.45, 7) is 3.00. The lowest BCUT2D eigenvalue weighted by Crippen LogP contribution is -2.36. The van der Waals surface area contributed by atoms with Crippen molar-refractivity contribution in [2.75, 3.05) is 4.90 Å². The highest BCUT2D eigenvalue weighted by molar-refractivity contribution is 6.57. The van der Waals surface area contributed by atoms with E-state index in [-0.39, 0.29) is 22.6 Å². The molecular weight excluding hydrogens is 310 g/mol. The van der Waals surface area contributed by atoms with E-state index in [0.717, 1.165) is 10.5 Å². The highest BCUT2D eigenvalue weighted by Crippen LogP contribution is 2.32. The van der Waals surface area contributed by atoms with E-state index in [9.17, 15) is 19.2 Å². The van der Waals surface area contributed by atoms with E-state index in [1.807, 2.05) is 0 Å². The molecule has 0 aromatic heterocycles. The zero-order valence-electron chi connectivity index (χ0n) is 13.0. The molecule has 1 heterocycles. The fourth-order valence-corrected chi connectivity index (χ4v) is 2.56. The SMILES string of the molecule is CC(=O)Oc1ccccc1C(=O)N1C(=O)C(=O)c2cc(C)ccc21. The zero-order chi connectivity index (χ0) is 17.4. The van der Waals surface area contributed by atoms with Crippen LogP contribution in [0.4, 0.5) is 5.69 Å². The summed E-state index contributed by atoms with van der Waals surface area (Å²) in [4.78, 5) is 49.2. The molecule has 0 radical (unpaired) electrons. The van der Waals surface area contributed by atoms with Crippen LogP contribution in [0.2, 0.25) is 0 Å². The van der Waals surface area contributed by atoms with E-state index in [0.29, 0.717) is 0 Å². The highest BCUT2D eigenvalue weighted by atomic mass is 16.5. The number of amides is 2. The summed E-state index contributed by atoms with van der Waals surface area (Å²) < 4.78 is 5.01. The lowest BCUT2D eigenvalue weighted by Gasteiger charge is -2.16. The summed E-state index contributed by atoms with van der Waals surface area (Å²) >= 11 is 0. The number of nitrogens with zero attached hydrogens (tertiary/aromatic N) is 1. The van der Waals surface area contributed by atoms with Gasteiger partial charge in [-0.25, -0.2) is 4.90 Å². The smallest absolute Gasteiger partial charge is 0.308 e. The van der Waals surface area contributed by atoms with Crippen LogP contribution in [0.15, 0.2) is 42.5 Å². The molecule has 6 nitrogen and oxygen atoms in total. The Morgan fingerprint density at radius 1 is 1.04 bits per heavy atom.